The first kappa shape index (κ1) is 15.0. The molecule has 0 radical (unpaired) electrons. The van der Waals surface area contributed by atoms with Crippen LogP contribution in [0.15, 0.2) is 18.2 Å². The lowest BCUT2D eigenvalue weighted by atomic mass is 10.1. The zero-order valence-corrected chi connectivity index (χ0v) is 11.4. The molecule has 110 valence electrons. The number of rotatable bonds is 2. The number of nitrogens with two attached hydrogens (primary N) is 1. The Hall–Kier alpha value is -2.39. The van der Waals surface area contributed by atoms with E-state index in [0.29, 0.717) is 24.9 Å². The standard InChI is InChI=1S/C15H16FN3O2/c16-13-5-3-10(2-1-7-17)8-12(13)15(21)19-11-4-6-14(20)18-9-11/h3,5,8,11H,4,6-7,9,17H2,(H,18,20)(H,19,21). The fourth-order valence-electron chi connectivity index (χ4n) is 2.05. The molecule has 1 aromatic carbocycles. The van der Waals surface area contributed by atoms with Crippen LogP contribution in [0.1, 0.15) is 28.8 Å². The summed E-state index contributed by atoms with van der Waals surface area (Å²) >= 11 is 0. The Balaban J connectivity index is 2.09. The molecule has 0 spiro atoms. The van der Waals surface area contributed by atoms with Gasteiger partial charge in [0.1, 0.15) is 5.82 Å². The van der Waals surface area contributed by atoms with Gasteiger partial charge in [-0.2, -0.15) is 0 Å². The van der Waals surface area contributed by atoms with E-state index in [4.69, 9.17) is 5.73 Å². The summed E-state index contributed by atoms with van der Waals surface area (Å²) in [7, 11) is 0. The Bertz CT molecular complexity index is 609. The van der Waals surface area contributed by atoms with Crippen molar-refractivity contribution in [1.29, 1.82) is 0 Å². The maximum Gasteiger partial charge on any atom is 0.254 e. The second kappa shape index (κ2) is 6.86. The molecule has 1 aliphatic rings. The van der Waals surface area contributed by atoms with Crippen LogP contribution in [-0.2, 0) is 4.79 Å². The summed E-state index contributed by atoms with van der Waals surface area (Å²) in [5.41, 5.74) is 5.75. The smallest absolute Gasteiger partial charge is 0.254 e. The molecule has 0 bridgehead atoms. The van der Waals surface area contributed by atoms with Gasteiger partial charge >= 0.3 is 0 Å². The number of carbonyl (C=O) groups excluding carboxylic acids is 2. The van der Waals surface area contributed by atoms with Crippen molar-refractivity contribution in [1.82, 2.24) is 10.6 Å². The van der Waals surface area contributed by atoms with Crippen LogP contribution in [0, 0.1) is 17.7 Å². The molecule has 1 fully saturated rings. The largest absolute Gasteiger partial charge is 0.354 e. The monoisotopic (exact) mass is 289 g/mol. The molecule has 1 heterocycles. The predicted octanol–water partition coefficient (Wildman–Crippen LogP) is 0.144. The SMILES string of the molecule is NCC#Cc1ccc(F)c(C(=O)NC2CCC(=O)NC2)c1. The molecule has 2 rings (SSSR count). The first-order valence-corrected chi connectivity index (χ1v) is 6.66. The summed E-state index contributed by atoms with van der Waals surface area (Å²) in [5.74, 6) is 4.26. The van der Waals surface area contributed by atoms with Gasteiger partial charge in [-0.3, -0.25) is 9.59 Å². The number of hydrogen-bond donors (Lipinski definition) is 3. The fraction of sp³-hybridized carbons (Fsp3) is 0.333. The quantitative estimate of drug-likeness (QED) is 0.677. The van der Waals surface area contributed by atoms with Crippen LogP contribution >= 0.6 is 0 Å². The predicted molar refractivity (Wildman–Crippen MR) is 75.8 cm³/mol. The van der Waals surface area contributed by atoms with Gasteiger partial charge in [0, 0.05) is 24.6 Å². The molecule has 1 aromatic rings. The van der Waals surface area contributed by atoms with Gasteiger partial charge in [0.15, 0.2) is 0 Å². The number of carbonyl (C=O) groups is 2. The van der Waals surface area contributed by atoms with E-state index in [2.05, 4.69) is 22.5 Å². The van der Waals surface area contributed by atoms with E-state index in [1.54, 1.807) is 0 Å². The molecule has 0 aliphatic carbocycles. The lowest BCUT2D eigenvalue weighted by molar-refractivity contribution is -0.122. The van der Waals surface area contributed by atoms with E-state index in [0.717, 1.165) is 0 Å². The molecule has 4 N–H and O–H groups in total. The highest BCUT2D eigenvalue weighted by atomic mass is 19.1. The second-order valence-electron chi connectivity index (χ2n) is 4.71. The molecule has 1 unspecified atom stereocenters. The number of amides is 2. The van der Waals surface area contributed by atoms with Crippen molar-refractivity contribution < 1.29 is 14.0 Å². The van der Waals surface area contributed by atoms with Crippen LogP contribution in [0.4, 0.5) is 4.39 Å². The van der Waals surface area contributed by atoms with Crippen molar-refractivity contribution in [3.05, 3.63) is 35.1 Å². The average molecular weight is 289 g/mol. The summed E-state index contributed by atoms with van der Waals surface area (Å²) in [6.07, 6.45) is 0.904. The zero-order valence-electron chi connectivity index (χ0n) is 11.4. The normalized spacial score (nSPS) is 17.4. The summed E-state index contributed by atoms with van der Waals surface area (Å²) in [4.78, 5) is 23.2. The Kier molecular flexibility index (Phi) is 4.90. The Morgan fingerprint density at radius 3 is 3.00 bits per heavy atom. The molecule has 1 saturated heterocycles. The van der Waals surface area contributed by atoms with Gasteiger partial charge in [-0.25, -0.2) is 4.39 Å². The van der Waals surface area contributed by atoms with Gasteiger partial charge in [-0.05, 0) is 24.6 Å². The minimum Gasteiger partial charge on any atom is -0.354 e. The summed E-state index contributed by atoms with van der Waals surface area (Å²) < 4.78 is 13.8. The maximum absolute atomic E-state index is 13.8. The Morgan fingerprint density at radius 1 is 1.52 bits per heavy atom. The minimum atomic E-state index is -0.606. The average Bonchev–Trinajstić information content (AvgIpc) is 2.48. The second-order valence-corrected chi connectivity index (χ2v) is 4.71. The van der Waals surface area contributed by atoms with E-state index in [-0.39, 0.29) is 24.1 Å². The first-order chi connectivity index (χ1) is 10.1. The number of nitrogens with one attached hydrogen (secondary N) is 2. The highest BCUT2D eigenvalue weighted by Gasteiger charge is 2.21. The number of halogens is 1. The van der Waals surface area contributed by atoms with Crippen molar-refractivity contribution in [3.8, 4) is 11.8 Å². The molecule has 5 nitrogen and oxygen atoms in total. The number of hydrogen-bond acceptors (Lipinski definition) is 3. The molecule has 21 heavy (non-hydrogen) atoms. The lowest BCUT2D eigenvalue weighted by Gasteiger charge is -2.23. The third kappa shape index (κ3) is 4.04. The highest BCUT2D eigenvalue weighted by Crippen LogP contribution is 2.11. The van der Waals surface area contributed by atoms with Gasteiger partial charge < -0.3 is 16.4 Å². The minimum absolute atomic E-state index is 0.0364. The van der Waals surface area contributed by atoms with Gasteiger partial charge in [-0.15, -0.1) is 0 Å². The fourth-order valence-corrected chi connectivity index (χ4v) is 2.05. The highest BCUT2D eigenvalue weighted by molar-refractivity contribution is 5.95. The van der Waals surface area contributed by atoms with Crippen LogP contribution in [0.2, 0.25) is 0 Å². The van der Waals surface area contributed by atoms with Crippen molar-refractivity contribution >= 4 is 11.8 Å². The number of benzene rings is 1. The third-order valence-corrected chi connectivity index (χ3v) is 3.15. The van der Waals surface area contributed by atoms with E-state index < -0.39 is 11.7 Å². The first-order valence-electron chi connectivity index (χ1n) is 6.66. The summed E-state index contributed by atoms with van der Waals surface area (Å²) in [5, 5.41) is 5.37. The number of piperidine rings is 1. The van der Waals surface area contributed by atoms with Crippen molar-refractivity contribution in [2.75, 3.05) is 13.1 Å². The summed E-state index contributed by atoms with van der Waals surface area (Å²) in [6.45, 7) is 0.555. The third-order valence-electron chi connectivity index (χ3n) is 3.15. The van der Waals surface area contributed by atoms with Crippen molar-refractivity contribution in [2.45, 2.75) is 18.9 Å². The Labute approximate surface area is 122 Å². The van der Waals surface area contributed by atoms with Crippen molar-refractivity contribution in [3.63, 3.8) is 0 Å². The molecular weight excluding hydrogens is 273 g/mol. The molecule has 2 amide bonds. The van der Waals surface area contributed by atoms with E-state index in [1.807, 2.05) is 0 Å². The molecule has 6 heteroatoms. The topological polar surface area (TPSA) is 84.2 Å². The van der Waals surface area contributed by atoms with Crippen LogP contribution < -0.4 is 16.4 Å². The molecular formula is C15H16FN3O2. The molecule has 0 aromatic heterocycles. The zero-order chi connectivity index (χ0) is 15.2. The molecule has 1 aliphatic heterocycles. The van der Waals surface area contributed by atoms with E-state index in [9.17, 15) is 14.0 Å². The molecule has 1 atom stereocenters. The van der Waals surface area contributed by atoms with Crippen LogP contribution in [0.25, 0.3) is 0 Å². The van der Waals surface area contributed by atoms with Gasteiger partial charge in [0.25, 0.3) is 5.91 Å². The van der Waals surface area contributed by atoms with E-state index in [1.165, 1.54) is 18.2 Å². The summed E-state index contributed by atoms with van der Waals surface area (Å²) in [6, 6.07) is 3.91. The maximum atomic E-state index is 13.8. The van der Waals surface area contributed by atoms with Crippen LogP contribution in [0.3, 0.4) is 0 Å². The molecule has 0 saturated carbocycles. The van der Waals surface area contributed by atoms with Gasteiger partial charge in [0.2, 0.25) is 5.91 Å². The van der Waals surface area contributed by atoms with Gasteiger partial charge in [-0.1, -0.05) is 11.8 Å². The van der Waals surface area contributed by atoms with Crippen LogP contribution in [-0.4, -0.2) is 30.9 Å². The van der Waals surface area contributed by atoms with Crippen LogP contribution in [0.5, 0.6) is 0 Å². The Morgan fingerprint density at radius 2 is 2.33 bits per heavy atom. The van der Waals surface area contributed by atoms with Gasteiger partial charge in [0.05, 0.1) is 12.1 Å². The lowest BCUT2D eigenvalue weighted by Crippen LogP contribution is -2.47. The van der Waals surface area contributed by atoms with E-state index >= 15 is 0 Å². The van der Waals surface area contributed by atoms with Crippen molar-refractivity contribution in [2.24, 2.45) is 5.73 Å².